The minimum absolute atomic E-state index is 0.0147. The predicted molar refractivity (Wildman–Crippen MR) is 239 cm³/mol. The Labute approximate surface area is 378 Å². The fourth-order valence-corrected chi connectivity index (χ4v) is 6.39. The Balaban J connectivity index is 2.35. The van der Waals surface area contributed by atoms with Crippen molar-refractivity contribution < 1.29 is 53.4 Å². The molecular weight excluding hydrogens is 845 g/mol. The molecule has 0 saturated heterocycles. The van der Waals surface area contributed by atoms with Gasteiger partial charge in [0.2, 0.25) is 47.3 Å². The molecule has 2 aromatic carbocycles. The predicted octanol–water partition coefficient (Wildman–Crippen LogP) is -1.66. The second kappa shape index (κ2) is 27.5. The summed E-state index contributed by atoms with van der Waals surface area (Å²) in [6, 6.07) is 5.67. The fraction of sp³-hybridized carbons (Fsp3) is 0.523. The van der Waals surface area contributed by atoms with E-state index in [-0.39, 0.29) is 18.6 Å². The minimum Gasteiger partial charge on any atom is -0.508 e. The number of aromatic hydroxyl groups is 1. The van der Waals surface area contributed by atoms with Crippen molar-refractivity contribution in [2.45, 2.75) is 122 Å². The summed E-state index contributed by atoms with van der Waals surface area (Å²) in [6.07, 6.45) is 0.386. The fourth-order valence-electron chi connectivity index (χ4n) is 6.39. The summed E-state index contributed by atoms with van der Waals surface area (Å²) in [4.78, 5) is 118. The van der Waals surface area contributed by atoms with Gasteiger partial charge in [-0.05, 0) is 67.8 Å². The van der Waals surface area contributed by atoms with Crippen LogP contribution in [0, 0.1) is 11.8 Å². The normalized spacial score (nSPS) is 14.3. The molecule has 0 aliphatic carbocycles. The maximum Gasteiger partial charge on any atom is 0.303 e. The number of rotatable bonds is 28. The smallest absolute Gasteiger partial charge is 0.303 e. The van der Waals surface area contributed by atoms with Crippen molar-refractivity contribution in [2.75, 3.05) is 13.1 Å². The topological polar surface area (TPSA) is 356 Å². The van der Waals surface area contributed by atoms with Gasteiger partial charge in [-0.25, -0.2) is 0 Å². The average molecular weight is 911 g/mol. The Morgan fingerprint density at radius 2 is 1.06 bits per heavy atom. The Morgan fingerprint density at radius 3 is 1.60 bits per heavy atom. The number of carboxylic acids is 1. The molecule has 8 amide bonds. The summed E-state index contributed by atoms with van der Waals surface area (Å²) in [5, 5.41) is 37.1. The maximum atomic E-state index is 14.1. The number of carbonyl (C=O) groups is 9. The third-order valence-corrected chi connectivity index (χ3v) is 10.2. The van der Waals surface area contributed by atoms with E-state index in [9.17, 15) is 53.4 Å². The van der Waals surface area contributed by atoms with E-state index < -0.39 is 127 Å². The van der Waals surface area contributed by atoms with Crippen LogP contribution in [0.3, 0.4) is 0 Å². The van der Waals surface area contributed by atoms with Gasteiger partial charge in [-0.3, -0.25) is 43.2 Å². The zero-order valence-electron chi connectivity index (χ0n) is 37.6. The van der Waals surface area contributed by atoms with Crippen molar-refractivity contribution in [1.29, 1.82) is 0 Å². The third kappa shape index (κ3) is 19.8. The molecule has 21 heteroatoms. The number of carbonyl (C=O) groups excluding carboxylic acids is 8. The Bertz CT molecular complexity index is 1930. The molecular formula is C44H66N10O11. The number of nitrogens with one attached hydrogen (secondary N) is 7. The van der Waals surface area contributed by atoms with Gasteiger partial charge >= 0.3 is 5.97 Å². The average Bonchev–Trinajstić information content (AvgIpc) is 3.25. The number of nitrogens with two attached hydrogens (primary N) is 3. The number of carboxylic acid groups (broad SMARTS) is 1. The van der Waals surface area contributed by atoms with Crippen LogP contribution < -0.4 is 54.4 Å². The van der Waals surface area contributed by atoms with Gasteiger partial charge in [-0.15, -0.1) is 0 Å². The van der Waals surface area contributed by atoms with Crippen LogP contribution in [0.25, 0.3) is 0 Å². The molecule has 21 nitrogen and oxygen atoms in total. The van der Waals surface area contributed by atoms with Crippen molar-refractivity contribution in [2.24, 2.45) is 29.0 Å². The Kier molecular flexibility index (Phi) is 23.1. The number of benzene rings is 2. The van der Waals surface area contributed by atoms with Crippen LogP contribution in [-0.4, -0.2) is 119 Å². The SMILES string of the molecule is CC(C)[C@H](NC(=O)[C@H](CCC(=O)O)NC(=O)[C@H](Cc1ccccc1)NC(=O)[C@@H](C)NC(=O)[C@H](Cc1ccc(O)cc1)NC(=O)[C@@H](N)CCCCN)C(=O)N[C@H](C(=O)NCC(N)=O)C(C)C. The van der Waals surface area contributed by atoms with Gasteiger partial charge in [0.05, 0.1) is 12.6 Å². The molecule has 65 heavy (non-hydrogen) atoms. The lowest BCUT2D eigenvalue weighted by Crippen LogP contribution is -2.61. The number of aliphatic carboxylic acids is 1. The summed E-state index contributed by atoms with van der Waals surface area (Å²) in [5.41, 5.74) is 17.9. The van der Waals surface area contributed by atoms with Crippen molar-refractivity contribution in [3.63, 3.8) is 0 Å². The molecule has 358 valence electrons. The molecule has 0 aliphatic rings. The van der Waals surface area contributed by atoms with Gasteiger partial charge in [0.25, 0.3) is 0 Å². The Morgan fingerprint density at radius 1 is 0.569 bits per heavy atom. The molecule has 15 N–H and O–H groups in total. The third-order valence-electron chi connectivity index (χ3n) is 10.2. The van der Waals surface area contributed by atoms with Crippen LogP contribution in [0.15, 0.2) is 54.6 Å². The largest absolute Gasteiger partial charge is 0.508 e. The highest BCUT2D eigenvalue weighted by Gasteiger charge is 2.35. The molecule has 0 aromatic heterocycles. The summed E-state index contributed by atoms with van der Waals surface area (Å²) in [7, 11) is 0. The van der Waals surface area contributed by atoms with Gasteiger partial charge in [0.15, 0.2) is 0 Å². The van der Waals surface area contributed by atoms with E-state index >= 15 is 0 Å². The van der Waals surface area contributed by atoms with Gasteiger partial charge in [-0.1, -0.05) is 76.6 Å². The van der Waals surface area contributed by atoms with E-state index in [0.29, 0.717) is 36.9 Å². The highest BCUT2D eigenvalue weighted by atomic mass is 16.4. The molecule has 0 unspecified atom stereocenters. The number of phenols is 1. The van der Waals surface area contributed by atoms with Crippen molar-refractivity contribution in [3.8, 4) is 5.75 Å². The summed E-state index contributed by atoms with van der Waals surface area (Å²) in [5.74, 6) is -8.63. The van der Waals surface area contributed by atoms with E-state index in [2.05, 4.69) is 37.2 Å². The van der Waals surface area contributed by atoms with Crippen LogP contribution in [0.2, 0.25) is 0 Å². The van der Waals surface area contributed by atoms with Crippen molar-refractivity contribution in [3.05, 3.63) is 65.7 Å². The second-order valence-corrected chi connectivity index (χ2v) is 16.4. The summed E-state index contributed by atoms with van der Waals surface area (Å²) < 4.78 is 0. The molecule has 0 fully saturated rings. The van der Waals surface area contributed by atoms with E-state index in [4.69, 9.17) is 17.2 Å². The number of unbranched alkanes of at least 4 members (excludes halogenated alkanes) is 1. The first-order valence-electron chi connectivity index (χ1n) is 21.5. The first-order chi connectivity index (χ1) is 30.6. The molecule has 2 aromatic rings. The molecule has 2 rings (SSSR count). The van der Waals surface area contributed by atoms with Gasteiger partial charge in [0, 0.05) is 19.3 Å². The lowest BCUT2D eigenvalue weighted by atomic mass is 9.99. The van der Waals surface area contributed by atoms with E-state index in [1.807, 2.05) is 0 Å². The molecule has 0 heterocycles. The van der Waals surface area contributed by atoms with Crippen LogP contribution in [0.4, 0.5) is 0 Å². The molecule has 0 spiro atoms. The number of hydrogen-bond donors (Lipinski definition) is 12. The van der Waals surface area contributed by atoms with Crippen LogP contribution in [0.5, 0.6) is 5.75 Å². The minimum atomic E-state index is -1.54. The summed E-state index contributed by atoms with van der Waals surface area (Å²) >= 11 is 0. The lowest BCUT2D eigenvalue weighted by Gasteiger charge is -2.29. The molecule has 7 atom stereocenters. The first-order valence-corrected chi connectivity index (χ1v) is 21.5. The van der Waals surface area contributed by atoms with Gasteiger partial charge < -0.3 is 64.6 Å². The number of primary amides is 1. The Hall–Kier alpha value is -6.61. The number of amides is 8. The van der Waals surface area contributed by atoms with Gasteiger partial charge in [-0.2, -0.15) is 0 Å². The van der Waals surface area contributed by atoms with E-state index in [1.165, 1.54) is 19.1 Å². The summed E-state index contributed by atoms with van der Waals surface area (Å²) in [6.45, 7) is 7.82. The van der Waals surface area contributed by atoms with E-state index in [0.717, 1.165) is 0 Å². The van der Waals surface area contributed by atoms with Crippen molar-refractivity contribution in [1.82, 2.24) is 37.2 Å². The number of hydrogen-bond acceptors (Lipinski definition) is 12. The van der Waals surface area contributed by atoms with Crippen LogP contribution >= 0.6 is 0 Å². The highest BCUT2D eigenvalue weighted by Crippen LogP contribution is 2.13. The first kappa shape index (κ1) is 54.5. The quantitative estimate of drug-likeness (QED) is 0.0426. The van der Waals surface area contributed by atoms with Gasteiger partial charge in [0.1, 0.15) is 42.0 Å². The second-order valence-electron chi connectivity index (χ2n) is 16.4. The molecule has 0 bridgehead atoms. The van der Waals surface area contributed by atoms with Crippen LogP contribution in [0.1, 0.15) is 77.8 Å². The maximum absolute atomic E-state index is 14.1. The van der Waals surface area contributed by atoms with Crippen LogP contribution in [-0.2, 0) is 56.0 Å². The van der Waals surface area contributed by atoms with Crippen molar-refractivity contribution >= 4 is 53.2 Å². The zero-order valence-corrected chi connectivity index (χ0v) is 37.6. The zero-order chi connectivity index (χ0) is 48.8. The van der Waals surface area contributed by atoms with E-state index in [1.54, 1.807) is 70.2 Å². The lowest BCUT2D eigenvalue weighted by molar-refractivity contribution is -0.139. The standard InChI is InChI=1S/C44H66N10O11/c1-24(2)36(43(64)48-23-34(47)56)54-44(65)37(25(3)4)53-40(61)31(18-19-35(57)58)50-42(63)33(21-27-11-7-6-8-12-27)51-38(59)26(5)49-41(62)32(22-28-14-16-29(55)17-15-28)52-39(60)30(46)13-9-10-20-45/h6-8,11-12,14-17,24-26,30-33,36-37,55H,9-10,13,18-23,45-46H2,1-5H3,(H2,47,56)(H,48,64)(H,49,62)(H,50,63)(H,51,59)(H,52,60)(H,53,61)(H,54,65)(H,57,58)/t26-,30+,31+,32+,33+,36+,37+/m1/s1. The molecule has 0 aliphatic heterocycles. The number of phenolic OH excluding ortho intramolecular Hbond substituents is 1. The molecule has 0 radical (unpaired) electrons. The molecule has 0 saturated carbocycles. The highest BCUT2D eigenvalue weighted by molar-refractivity contribution is 5.97. The monoisotopic (exact) mass is 910 g/mol.